The van der Waals surface area contributed by atoms with Crippen LogP contribution in [0.5, 0.6) is 0 Å². The van der Waals surface area contributed by atoms with Crippen molar-refractivity contribution in [2.24, 2.45) is 0 Å². The normalized spacial score (nSPS) is 11.0. The Bertz CT molecular complexity index is 879. The van der Waals surface area contributed by atoms with Crippen LogP contribution in [0, 0.1) is 10.1 Å². The molecule has 1 N–H and O–H groups in total. The fraction of sp³-hybridized carbons (Fsp3) is 0.222. The minimum absolute atomic E-state index is 0.0981. The van der Waals surface area contributed by atoms with Crippen LogP contribution in [0.2, 0.25) is 0 Å². The van der Waals surface area contributed by atoms with E-state index < -0.39 is 0 Å². The third-order valence-electron chi connectivity index (χ3n) is 3.76. The number of aromatic nitrogens is 3. The SMILES string of the molecule is CC(C)c1c(Sc2cccc([N+](=O)[O-])c2)ccnc1Cc1ncc[nH]1. The lowest BCUT2D eigenvalue weighted by molar-refractivity contribution is -0.385. The summed E-state index contributed by atoms with van der Waals surface area (Å²) < 4.78 is 0. The number of imidazole rings is 1. The summed E-state index contributed by atoms with van der Waals surface area (Å²) >= 11 is 1.53. The van der Waals surface area contributed by atoms with Gasteiger partial charge in [0.25, 0.3) is 5.69 Å². The summed E-state index contributed by atoms with van der Waals surface area (Å²) in [6, 6.07) is 8.66. The van der Waals surface area contributed by atoms with Crippen LogP contribution >= 0.6 is 11.8 Å². The highest BCUT2D eigenvalue weighted by molar-refractivity contribution is 7.99. The highest BCUT2D eigenvalue weighted by Gasteiger charge is 2.16. The van der Waals surface area contributed by atoms with Crippen molar-refractivity contribution in [3.05, 3.63) is 76.1 Å². The first-order chi connectivity index (χ1) is 12.0. The molecule has 3 rings (SSSR count). The third kappa shape index (κ3) is 4.06. The number of nitro benzene ring substituents is 1. The second-order valence-corrected chi connectivity index (χ2v) is 7.01. The minimum atomic E-state index is -0.373. The second kappa shape index (κ2) is 7.48. The Morgan fingerprint density at radius 1 is 1.24 bits per heavy atom. The maximum Gasteiger partial charge on any atom is 0.270 e. The number of non-ortho nitro benzene ring substituents is 1. The molecule has 0 radical (unpaired) electrons. The third-order valence-corrected chi connectivity index (χ3v) is 4.82. The Morgan fingerprint density at radius 2 is 2.08 bits per heavy atom. The molecule has 25 heavy (non-hydrogen) atoms. The van der Waals surface area contributed by atoms with Gasteiger partial charge < -0.3 is 4.98 Å². The van der Waals surface area contributed by atoms with E-state index in [-0.39, 0.29) is 16.5 Å². The standard InChI is InChI=1S/C18H18N4O2S/c1-12(2)18-15(11-17-20-8-9-21-17)19-7-6-16(18)25-14-5-3-4-13(10-14)22(23)24/h3-10,12H,11H2,1-2H3,(H,20,21). The maximum absolute atomic E-state index is 11.0. The largest absolute Gasteiger partial charge is 0.348 e. The van der Waals surface area contributed by atoms with Gasteiger partial charge in [-0.15, -0.1) is 0 Å². The number of benzene rings is 1. The molecule has 0 aliphatic carbocycles. The van der Waals surface area contributed by atoms with Crippen molar-refractivity contribution in [3.8, 4) is 0 Å². The first kappa shape index (κ1) is 17.2. The Morgan fingerprint density at radius 3 is 2.76 bits per heavy atom. The van der Waals surface area contributed by atoms with Gasteiger partial charge in [-0.1, -0.05) is 31.7 Å². The van der Waals surface area contributed by atoms with E-state index >= 15 is 0 Å². The lowest BCUT2D eigenvalue weighted by Gasteiger charge is -2.16. The number of nitrogens with zero attached hydrogens (tertiary/aromatic N) is 3. The number of H-pyrrole nitrogens is 1. The highest BCUT2D eigenvalue weighted by atomic mass is 32.2. The predicted octanol–water partition coefficient (Wildman–Crippen LogP) is 4.58. The van der Waals surface area contributed by atoms with Gasteiger partial charge in [-0.05, 0) is 23.6 Å². The monoisotopic (exact) mass is 354 g/mol. The van der Waals surface area contributed by atoms with Crippen molar-refractivity contribution in [1.29, 1.82) is 0 Å². The Balaban J connectivity index is 1.95. The molecule has 0 unspecified atom stereocenters. The van der Waals surface area contributed by atoms with Crippen molar-refractivity contribution in [3.63, 3.8) is 0 Å². The fourth-order valence-electron chi connectivity index (χ4n) is 2.68. The van der Waals surface area contributed by atoms with Crippen LogP contribution in [0.4, 0.5) is 5.69 Å². The quantitative estimate of drug-likeness (QED) is 0.517. The molecule has 0 atom stereocenters. The molecule has 2 heterocycles. The Hall–Kier alpha value is -2.67. The summed E-state index contributed by atoms with van der Waals surface area (Å²) in [5.41, 5.74) is 2.22. The summed E-state index contributed by atoms with van der Waals surface area (Å²) in [6.07, 6.45) is 5.94. The molecule has 2 aromatic heterocycles. The molecule has 0 bridgehead atoms. The lowest BCUT2D eigenvalue weighted by Crippen LogP contribution is -2.04. The molecule has 0 fully saturated rings. The van der Waals surface area contributed by atoms with E-state index in [9.17, 15) is 10.1 Å². The molecule has 0 saturated heterocycles. The van der Waals surface area contributed by atoms with Gasteiger partial charge in [0.1, 0.15) is 5.82 Å². The minimum Gasteiger partial charge on any atom is -0.348 e. The second-order valence-electron chi connectivity index (χ2n) is 5.89. The summed E-state index contributed by atoms with van der Waals surface area (Å²) in [7, 11) is 0. The molecule has 6 nitrogen and oxygen atoms in total. The summed E-state index contributed by atoms with van der Waals surface area (Å²) in [6.45, 7) is 4.25. The number of aromatic amines is 1. The van der Waals surface area contributed by atoms with Gasteiger partial charge in [0, 0.05) is 46.9 Å². The number of nitro groups is 1. The van der Waals surface area contributed by atoms with Crippen LogP contribution in [0.25, 0.3) is 0 Å². The number of hydrogen-bond donors (Lipinski definition) is 1. The summed E-state index contributed by atoms with van der Waals surface area (Å²) in [5, 5.41) is 11.0. The molecule has 0 aliphatic rings. The smallest absolute Gasteiger partial charge is 0.270 e. The van der Waals surface area contributed by atoms with Crippen LogP contribution in [0.1, 0.15) is 36.8 Å². The highest BCUT2D eigenvalue weighted by Crippen LogP contribution is 2.36. The van der Waals surface area contributed by atoms with Gasteiger partial charge >= 0.3 is 0 Å². The summed E-state index contributed by atoms with van der Waals surface area (Å²) in [4.78, 5) is 24.4. The van der Waals surface area contributed by atoms with E-state index in [0.29, 0.717) is 6.42 Å². The topological polar surface area (TPSA) is 84.7 Å². The van der Waals surface area contributed by atoms with Gasteiger partial charge in [0.15, 0.2) is 0 Å². The maximum atomic E-state index is 11.0. The van der Waals surface area contributed by atoms with Gasteiger partial charge in [-0.25, -0.2) is 4.98 Å². The first-order valence-corrected chi connectivity index (χ1v) is 8.74. The van der Waals surface area contributed by atoms with E-state index in [0.717, 1.165) is 26.9 Å². The molecule has 0 spiro atoms. The van der Waals surface area contributed by atoms with Crippen molar-refractivity contribution in [2.45, 2.75) is 36.0 Å². The zero-order valence-electron chi connectivity index (χ0n) is 14.0. The molecule has 0 amide bonds. The van der Waals surface area contributed by atoms with Gasteiger partial charge in [-0.3, -0.25) is 15.1 Å². The molecular weight excluding hydrogens is 336 g/mol. The lowest BCUT2D eigenvalue weighted by atomic mass is 9.99. The average Bonchev–Trinajstić information content (AvgIpc) is 3.08. The number of hydrogen-bond acceptors (Lipinski definition) is 5. The van der Waals surface area contributed by atoms with Crippen LogP contribution in [-0.4, -0.2) is 19.9 Å². The average molecular weight is 354 g/mol. The van der Waals surface area contributed by atoms with Crippen LogP contribution in [0.15, 0.2) is 58.7 Å². The number of pyridine rings is 1. The summed E-state index contributed by atoms with van der Waals surface area (Å²) in [5.74, 6) is 1.15. The van der Waals surface area contributed by atoms with Crippen molar-refractivity contribution >= 4 is 17.4 Å². The number of rotatable bonds is 6. The van der Waals surface area contributed by atoms with Gasteiger partial charge in [0.2, 0.25) is 0 Å². The zero-order valence-corrected chi connectivity index (χ0v) is 14.8. The van der Waals surface area contributed by atoms with E-state index in [1.165, 1.54) is 17.8 Å². The molecule has 7 heteroatoms. The van der Waals surface area contributed by atoms with E-state index in [2.05, 4.69) is 28.8 Å². The molecule has 0 aliphatic heterocycles. The Kier molecular flexibility index (Phi) is 5.14. The van der Waals surface area contributed by atoms with E-state index in [4.69, 9.17) is 0 Å². The van der Waals surface area contributed by atoms with Crippen LogP contribution in [-0.2, 0) is 6.42 Å². The van der Waals surface area contributed by atoms with E-state index in [1.807, 2.05) is 12.1 Å². The van der Waals surface area contributed by atoms with E-state index in [1.54, 1.807) is 30.7 Å². The molecule has 128 valence electrons. The molecule has 1 aromatic carbocycles. The molecule has 3 aromatic rings. The predicted molar refractivity (Wildman–Crippen MR) is 96.9 cm³/mol. The van der Waals surface area contributed by atoms with Gasteiger partial charge in [0.05, 0.1) is 10.6 Å². The van der Waals surface area contributed by atoms with Crippen molar-refractivity contribution < 1.29 is 4.92 Å². The Labute approximate surface area is 149 Å². The van der Waals surface area contributed by atoms with Gasteiger partial charge in [-0.2, -0.15) is 0 Å². The number of nitrogens with one attached hydrogen (secondary N) is 1. The molecular formula is C18H18N4O2S. The first-order valence-electron chi connectivity index (χ1n) is 7.93. The van der Waals surface area contributed by atoms with Crippen molar-refractivity contribution in [2.75, 3.05) is 0 Å². The fourth-order valence-corrected chi connectivity index (χ4v) is 3.86. The zero-order chi connectivity index (χ0) is 17.8. The van der Waals surface area contributed by atoms with Crippen LogP contribution in [0.3, 0.4) is 0 Å². The van der Waals surface area contributed by atoms with Crippen molar-refractivity contribution in [1.82, 2.24) is 15.0 Å². The van der Waals surface area contributed by atoms with Crippen LogP contribution < -0.4 is 0 Å². The molecule has 0 saturated carbocycles.